The van der Waals surface area contributed by atoms with Crippen LogP contribution in [0.5, 0.6) is 5.75 Å². The molecule has 1 aliphatic heterocycles. The molecule has 1 saturated heterocycles. The number of hydrogen-bond donors (Lipinski definition) is 3. The average Bonchev–Trinajstić information content (AvgIpc) is 3.50. The number of aliphatic hydroxyl groups excluding tert-OH is 1. The maximum Gasteiger partial charge on any atom is 0.182 e. The van der Waals surface area contributed by atoms with Crippen molar-refractivity contribution in [3.63, 3.8) is 0 Å². The van der Waals surface area contributed by atoms with Crippen LogP contribution in [0.4, 0.5) is 11.5 Å². The third kappa shape index (κ3) is 5.03. The van der Waals surface area contributed by atoms with Gasteiger partial charge in [-0.15, -0.1) is 11.3 Å². The summed E-state index contributed by atoms with van der Waals surface area (Å²) in [5.41, 5.74) is 3.13. The molecule has 0 spiro atoms. The molecule has 0 bridgehead atoms. The van der Waals surface area contributed by atoms with Gasteiger partial charge in [-0.3, -0.25) is 10.00 Å². The number of anilines is 2. The van der Waals surface area contributed by atoms with Gasteiger partial charge in [-0.05, 0) is 68.6 Å². The van der Waals surface area contributed by atoms with Crippen LogP contribution in [0.25, 0.3) is 21.1 Å². The largest absolute Gasteiger partial charge is 0.495 e. The lowest BCUT2D eigenvalue weighted by atomic mass is 9.87. The number of allylic oxidation sites excluding steroid dienone is 1. The fourth-order valence-electron chi connectivity index (χ4n) is 5.99. The van der Waals surface area contributed by atoms with Crippen LogP contribution in [0, 0.1) is 11.8 Å². The molecule has 7 rings (SSSR count). The first-order valence-electron chi connectivity index (χ1n) is 14.1. The Bertz CT molecular complexity index is 1520. The zero-order valence-corrected chi connectivity index (χ0v) is 23.1. The molecule has 4 heterocycles. The molecule has 1 unspecified atom stereocenters. The molecular formula is C29H35N7O2S. The number of nitrogens with one attached hydrogen (secondary N) is 2. The van der Waals surface area contributed by atoms with Crippen LogP contribution >= 0.6 is 11.3 Å². The van der Waals surface area contributed by atoms with E-state index < -0.39 is 0 Å². The molecule has 3 aromatic heterocycles. The lowest BCUT2D eigenvalue weighted by molar-refractivity contribution is 0.108. The number of aromatic amines is 1. The molecule has 1 saturated carbocycles. The van der Waals surface area contributed by atoms with Crippen molar-refractivity contribution in [2.45, 2.75) is 39.0 Å². The Morgan fingerprint density at radius 2 is 2.08 bits per heavy atom. The minimum Gasteiger partial charge on any atom is -0.495 e. The molecule has 1 aromatic carbocycles. The van der Waals surface area contributed by atoms with Crippen LogP contribution in [0.3, 0.4) is 0 Å². The maximum absolute atomic E-state index is 11.0. The van der Waals surface area contributed by atoms with E-state index in [1.807, 2.05) is 25.3 Å². The first kappa shape index (κ1) is 24.7. The van der Waals surface area contributed by atoms with Crippen LogP contribution in [0.15, 0.2) is 36.6 Å². The van der Waals surface area contributed by atoms with Crippen LogP contribution < -0.4 is 10.1 Å². The third-order valence-electron chi connectivity index (χ3n) is 8.27. The number of aryl methyl sites for hydroxylation is 1. The molecule has 0 radical (unpaired) electrons. The van der Waals surface area contributed by atoms with Gasteiger partial charge in [0, 0.05) is 49.1 Å². The van der Waals surface area contributed by atoms with E-state index in [-0.39, 0.29) is 0 Å². The van der Waals surface area contributed by atoms with Crippen molar-refractivity contribution in [2.75, 3.05) is 44.6 Å². The number of aromatic nitrogens is 4. The lowest BCUT2D eigenvalue weighted by Crippen LogP contribution is -2.46. The number of thiophene rings is 1. The molecule has 10 heteroatoms. The smallest absolute Gasteiger partial charge is 0.182 e. The van der Waals surface area contributed by atoms with E-state index in [0.29, 0.717) is 18.4 Å². The van der Waals surface area contributed by atoms with E-state index >= 15 is 0 Å². The fraction of sp³-hybridized carbons (Fsp3) is 0.483. The second-order valence-electron chi connectivity index (χ2n) is 11.0. The van der Waals surface area contributed by atoms with Gasteiger partial charge in [0.05, 0.1) is 29.4 Å². The Morgan fingerprint density at radius 3 is 2.90 bits per heavy atom. The van der Waals surface area contributed by atoms with Gasteiger partial charge < -0.3 is 20.1 Å². The van der Waals surface area contributed by atoms with Gasteiger partial charge in [0.2, 0.25) is 0 Å². The topological polar surface area (TPSA) is 102 Å². The Kier molecular flexibility index (Phi) is 6.52. The standard InChI is InChI=1S/C29H35N7O2S/c1-2-38-24-14-22-20(15-32-34-22)13-23(24)33-28-27-21-6-5-19(11-25(21)39-29(27)31-17-30-28)12-26(37)36-9-7-35(8-10-36)16-18-3-4-18/h12-15,17-19,37H,2-11,16H2,1H3,(H,32,34)(H,30,31,33)/b26-12+. The van der Waals surface area contributed by atoms with Gasteiger partial charge in [0.1, 0.15) is 22.7 Å². The Labute approximate surface area is 231 Å². The highest BCUT2D eigenvalue weighted by Gasteiger charge is 2.28. The molecule has 9 nitrogen and oxygen atoms in total. The summed E-state index contributed by atoms with van der Waals surface area (Å²) >= 11 is 1.75. The van der Waals surface area contributed by atoms with Crippen molar-refractivity contribution in [2.24, 2.45) is 11.8 Å². The van der Waals surface area contributed by atoms with Crippen molar-refractivity contribution in [1.82, 2.24) is 30.0 Å². The van der Waals surface area contributed by atoms with Gasteiger partial charge in [0.15, 0.2) is 5.88 Å². The highest BCUT2D eigenvalue weighted by atomic mass is 32.1. The first-order valence-corrected chi connectivity index (χ1v) is 15.0. The molecule has 4 aromatic rings. The van der Waals surface area contributed by atoms with E-state index in [9.17, 15) is 5.11 Å². The van der Waals surface area contributed by atoms with E-state index in [0.717, 1.165) is 89.7 Å². The molecule has 3 aliphatic rings. The van der Waals surface area contributed by atoms with Crippen molar-refractivity contribution in [3.05, 3.63) is 47.1 Å². The van der Waals surface area contributed by atoms with Crippen molar-refractivity contribution < 1.29 is 9.84 Å². The summed E-state index contributed by atoms with van der Waals surface area (Å²) in [4.78, 5) is 16.3. The summed E-state index contributed by atoms with van der Waals surface area (Å²) in [6.07, 6.45) is 11.2. The first-order chi connectivity index (χ1) is 19.1. The number of piperazine rings is 1. The van der Waals surface area contributed by atoms with Crippen molar-refractivity contribution >= 4 is 44.0 Å². The summed E-state index contributed by atoms with van der Waals surface area (Å²) in [5, 5.41) is 23.8. The molecule has 0 amide bonds. The van der Waals surface area contributed by atoms with Gasteiger partial charge in [-0.2, -0.15) is 5.10 Å². The Morgan fingerprint density at radius 1 is 1.21 bits per heavy atom. The quantitative estimate of drug-likeness (QED) is 0.258. The highest BCUT2D eigenvalue weighted by molar-refractivity contribution is 7.19. The highest BCUT2D eigenvalue weighted by Crippen LogP contribution is 2.42. The number of nitrogens with zero attached hydrogens (tertiary/aromatic N) is 5. The third-order valence-corrected chi connectivity index (χ3v) is 9.43. The van der Waals surface area contributed by atoms with Crippen molar-refractivity contribution in [3.8, 4) is 5.75 Å². The Hall–Kier alpha value is -3.37. The number of benzene rings is 1. The molecule has 204 valence electrons. The predicted molar refractivity (Wildman–Crippen MR) is 155 cm³/mol. The van der Waals surface area contributed by atoms with Crippen LogP contribution in [0.2, 0.25) is 0 Å². The fourth-order valence-corrected chi connectivity index (χ4v) is 7.27. The van der Waals surface area contributed by atoms with E-state index in [2.05, 4.69) is 41.4 Å². The average molecular weight is 546 g/mol. The lowest BCUT2D eigenvalue weighted by Gasteiger charge is -2.35. The number of ether oxygens (including phenoxy) is 1. The normalized spacial score (nSPS) is 20.5. The summed E-state index contributed by atoms with van der Waals surface area (Å²) in [6, 6.07) is 4.03. The van der Waals surface area contributed by atoms with Crippen LogP contribution in [0.1, 0.15) is 36.6 Å². The molecule has 3 N–H and O–H groups in total. The van der Waals surface area contributed by atoms with Crippen LogP contribution in [-0.4, -0.2) is 74.4 Å². The molecule has 39 heavy (non-hydrogen) atoms. The number of H-pyrrole nitrogens is 1. The van der Waals surface area contributed by atoms with Gasteiger partial charge >= 0.3 is 0 Å². The van der Waals surface area contributed by atoms with E-state index in [1.165, 1.54) is 29.8 Å². The van der Waals surface area contributed by atoms with Gasteiger partial charge in [-0.25, -0.2) is 9.97 Å². The summed E-state index contributed by atoms with van der Waals surface area (Å²) in [5.74, 6) is 3.27. The maximum atomic E-state index is 11.0. The van der Waals surface area contributed by atoms with Crippen molar-refractivity contribution in [1.29, 1.82) is 0 Å². The zero-order valence-electron chi connectivity index (χ0n) is 22.3. The number of hydrogen-bond acceptors (Lipinski definition) is 9. The van der Waals surface area contributed by atoms with Crippen LogP contribution in [-0.2, 0) is 12.8 Å². The summed E-state index contributed by atoms with van der Waals surface area (Å²) in [6.45, 7) is 7.71. The molecule has 1 atom stereocenters. The SMILES string of the molecule is CCOc1cc2[nH]ncc2cc1Nc1ncnc2sc3c(c12)CCC(/C=C(/O)N1CCN(CC2CC2)CC1)C3. The van der Waals surface area contributed by atoms with Gasteiger partial charge in [-0.1, -0.05) is 0 Å². The second-order valence-corrected chi connectivity index (χ2v) is 12.1. The summed E-state index contributed by atoms with van der Waals surface area (Å²) in [7, 11) is 0. The van der Waals surface area contributed by atoms with E-state index in [4.69, 9.17) is 4.74 Å². The Balaban J connectivity index is 1.10. The van der Waals surface area contributed by atoms with E-state index in [1.54, 1.807) is 17.7 Å². The summed E-state index contributed by atoms with van der Waals surface area (Å²) < 4.78 is 5.93. The van der Waals surface area contributed by atoms with Gasteiger partial charge in [0.25, 0.3) is 0 Å². The predicted octanol–water partition coefficient (Wildman–Crippen LogP) is 5.24. The zero-order chi connectivity index (χ0) is 26.3. The molecule has 2 aliphatic carbocycles. The minimum atomic E-state index is 0.326. The number of aliphatic hydroxyl groups is 1. The number of rotatable bonds is 8. The minimum absolute atomic E-state index is 0.326. The second kappa shape index (κ2) is 10.3. The molecular weight excluding hydrogens is 510 g/mol. The monoisotopic (exact) mass is 545 g/mol. The molecule has 2 fully saturated rings. The number of fused-ring (bicyclic) bond motifs is 4.